The molecule has 0 spiro atoms. The zero-order valence-corrected chi connectivity index (χ0v) is 13.1. The third-order valence-corrected chi connectivity index (χ3v) is 2.59. The Bertz CT molecular complexity index is 294. The minimum atomic E-state index is -0.139. The van der Waals surface area contributed by atoms with E-state index in [1.165, 1.54) is 57.7 Å². The van der Waals surface area contributed by atoms with Crippen LogP contribution in [0.1, 0.15) is 45.1 Å². The van der Waals surface area contributed by atoms with Crippen molar-refractivity contribution >= 4 is 17.7 Å². The van der Waals surface area contributed by atoms with E-state index in [9.17, 15) is 4.79 Å². The molecule has 0 aromatic heterocycles. The van der Waals surface area contributed by atoms with E-state index in [2.05, 4.69) is 55.2 Å². The van der Waals surface area contributed by atoms with E-state index in [0.717, 1.165) is 0 Å². The molecule has 1 heterocycles. The topological polar surface area (TPSA) is 29.1 Å². The van der Waals surface area contributed by atoms with E-state index in [1.54, 1.807) is 0 Å². The molecule has 1 aliphatic heterocycles. The molecule has 0 aliphatic carbocycles. The van der Waals surface area contributed by atoms with Gasteiger partial charge in [-0.1, -0.05) is 50.1 Å². The highest BCUT2D eigenvalue weighted by Crippen LogP contribution is 2.00. The second-order valence-corrected chi connectivity index (χ2v) is 5.20. The maximum atomic E-state index is 9.31. The van der Waals surface area contributed by atoms with E-state index in [1.807, 2.05) is 0 Å². The minimum Gasteiger partial charge on any atom is -0.317 e. The number of aryl methyl sites for hydroxylation is 1. The summed E-state index contributed by atoms with van der Waals surface area (Å²) in [6, 6.07) is 10.6. The van der Waals surface area contributed by atoms with Crippen molar-refractivity contribution in [1.29, 1.82) is 0 Å². The fourth-order valence-corrected chi connectivity index (χ4v) is 1.74. The Hall–Kier alpha value is -0.800. The number of hydrogen-bond donors (Lipinski definition) is 2. The van der Waals surface area contributed by atoms with Crippen molar-refractivity contribution in [3.63, 3.8) is 0 Å². The molecule has 0 atom stereocenters. The Kier molecular flexibility index (Phi) is 13.1. The minimum absolute atomic E-state index is 0.139. The van der Waals surface area contributed by atoms with Crippen LogP contribution in [-0.4, -0.2) is 18.2 Å². The molecule has 1 aliphatic rings. The van der Waals surface area contributed by atoms with Crippen LogP contribution in [0.2, 0.25) is 0 Å². The molecule has 1 aromatic rings. The first-order chi connectivity index (χ1) is 9.16. The first-order valence-electron chi connectivity index (χ1n) is 7.11. The summed E-state index contributed by atoms with van der Waals surface area (Å²) in [6.07, 6.45) is 6.66. The van der Waals surface area contributed by atoms with Crippen molar-refractivity contribution in [2.75, 3.05) is 13.1 Å². The molecule has 3 heteroatoms. The Morgan fingerprint density at radius 1 is 1.16 bits per heavy atom. The molecule has 0 saturated carbocycles. The molecule has 2 rings (SSSR count). The van der Waals surface area contributed by atoms with Crippen molar-refractivity contribution in [2.45, 2.75) is 46.0 Å². The van der Waals surface area contributed by atoms with E-state index in [4.69, 9.17) is 0 Å². The Morgan fingerprint density at radius 2 is 1.68 bits per heavy atom. The van der Waals surface area contributed by atoms with Gasteiger partial charge in [-0.15, -0.1) is 12.6 Å². The van der Waals surface area contributed by atoms with Crippen LogP contribution in [0.15, 0.2) is 30.3 Å². The number of benzene rings is 1. The number of thiol groups is 1. The molecule has 19 heavy (non-hydrogen) atoms. The lowest BCUT2D eigenvalue weighted by Gasteiger charge is -2.08. The highest BCUT2D eigenvalue weighted by Gasteiger charge is 1.93. The average molecular weight is 281 g/mol. The highest BCUT2D eigenvalue weighted by molar-refractivity contribution is 7.96. The zero-order chi connectivity index (χ0) is 14.3. The molecule has 0 unspecified atom stereocenters. The molecular formula is C16H27NOS. The van der Waals surface area contributed by atoms with Gasteiger partial charge >= 0.3 is 0 Å². The second-order valence-electron chi connectivity index (χ2n) is 4.57. The number of carbonyl (C=O) groups is 1. The van der Waals surface area contributed by atoms with Gasteiger partial charge in [0.25, 0.3) is 0 Å². The predicted molar refractivity (Wildman–Crippen MR) is 86.8 cm³/mol. The Labute approximate surface area is 123 Å². The van der Waals surface area contributed by atoms with Gasteiger partial charge in [-0.25, -0.2) is 0 Å². The number of piperidine rings is 1. The molecule has 1 aromatic carbocycles. The van der Waals surface area contributed by atoms with E-state index < -0.39 is 0 Å². The summed E-state index contributed by atoms with van der Waals surface area (Å²) in [5.74, 6) is 0. The number of rotatable bonds is 2. The number of hydrogen-bond acceptors (Lipinski definition) is 2. The van der Waals surface area contributed by atoms with Crippen LogP contribution >= 0.6 is 12.6 Å². The highest BCUT2D eigenvalue weighted by atomic mass is 32.1. The summed E-state index contributed by atoms with van der Waals surface area (Å²) in [5.41, 5.74) is 1.44. The second kappa shape index (κ2) is 13.6. The van der Waals surface area contributed by atoms with Gasteiger partial charge < -0.3 is 5.32 Å². The fourth-order valence-electron chi connectivity index (χ4n) is 1.74. The molecule has 0 radical (unpaired) electrons. The number of carbonyl (C=O) groups excluding carboxylic acids is 1. The van der Waals surface area contributed by atoms with E-state index in [0.29, 0.717) is 0 Å². The van der Waals surface area contributed by atoms with Crippen molar-refractivity contribution in [1.82, 2.24) is 5.32 Å². The van der Waals surface area contributed by atoms with Crippen LogP contribution in [0.3, 0.4) is 0 Å². The molecule has 1 fully saturated rings. The normalized spacial score (nSPS) is 13.4. The van der Waals surface area contributed by atoms with Crippen LogP contribution in [0, 0.1) is 0 Å². The third-order valence-electron chi connectivity index (χ3n) is 2.59. The molecule has 1 N–H and O–H groups in total. The maximum absolute atomic E-state index is 9.31. The van der Waals surface area contributed by atoms with Crippen LogP contribution in [0.4, 0.5) is 0 Å². The quantitative estimate of drug-likeness (QED) is 0.806. The van der Waals surface area contributed by atoms with Crippen molar-refractivity contribution in [2.24, 2.45) is 0 Å². The molecule has 0 amide bonds. The first kappa shape index (κ1) is 18.2. The number of nitrogens with one attached hydrogen (secondary N) is 1. The summed E-state index contributed by atoms with van der Waals surface area (Å²) < 4.78 is 0. The Morgan fingerprint density at radius 3 is 2.00 bits per heavy atom. The summed E-state index contributed by atoms with van der Waals surface area (Å²) >= 11 is 3.33. The van der Waals surface area contributed by atoms with Gasteiger partial charge in [-0.2, -0.15) is 0 Å². The summed E-state index contributed by atoms with van der Waals surface area (Å²) in [4.78, 5) is 9.31. The molecule has 1 saturated heterocycles. The van der Waals surface area contributed by atoms with Gasteiger partial charge in [0.1, 0.15) is 0 Å². The largest absolute Gasteiger partial charge is 0.317 e. The van der Waals surface area contributed by atoms with Crippen molar-refractivity contribution < 1.29 is 4.79 Å². The van der Waals surface area contributed by atoms with Gasteiger partial charge in [0.2, 0.25) is 0 Å². The van der Waals surface area contributed by atoms with Gasteiger partial charge in [-0.3, -0.25) is 4.79 Å². The van der Waals surface area contributed by atoms with Crippen LogP contribution < -0.4 is 5.32 Å². The average Bonchev–Trinajstić information content (AvgIpc) is 2.42. The molecule has 108 valence electrons. The maximum Gasteiger partial charge on any atom is 0.182 e. The fraction of sp³-hybridized carbons (Fsp3) is 0.562. The zero-order valence-electron chi connectivity index (χ0n) is 12.2. The van der Waals surface area contributed by atoms with E-state index >= 15 is 0 Å². The van der Waals surface area contributed by atoms with Gasteiger partial charge in [0.15, 0.2) is 5.12 Å². The smallest absolute Gasteiger partial charge is 0.182 e. The van der Waals surface area contributed by atoms with Crippen LogP contribution in [-0.2, 0) is 11.2 Å². The van der Waals surface area contributed by atoms with Crippen molar-refractivity contribution in [3.05, 3.63) is 35.9 Å². The lowest BCUT2D eigenvalue weighted by molar-refractivity contribution is -0.108. The molecule has 2 nitrogen and oxygen atoms in total. The lowest BCUT2D eigenvalue weighted by atomic mass is 10.1. The molecular weight excluding hydrogens is 254 g/mol. The Balaban J connectivity index is 0.000000281. The monoisotopic (exact) mass is 281 g/mol. The van der Waals surface area contributed by atoms with Gasteiger partial charge in [-0.05, 0) is 37.9 Å². The first-order valence-corrected chi connectivity index (χ1v) is 7.55. The summed E-state index contributed by atoms with van der Waals surface area (Å²) in [7, 11) is 0. The van der Waals surface area contributed by atoms with Crippen molar-refractivity contribution in [3.8, 4) is 0 Å². The predicted octanol–water partition coefficient (Wildman–Crippen LogP) is 3.86. The van der Waals surface area contributed by atoms with Crippen LogP contribution in [0.25, 0.3) is 0 Å². The van der Waals surface area contributed by atoms with Gasteiger partial charge in [0, 0.05) is 6.92 Å². The lowest BCUT2D eigenvalue weighted by Crippen LogP contribution is -2.21. The SMILES string of the molecule is C1CCNCC1.CC(=O)S.CCCc1ccccc1. The standard InChI is InChI=1S/C9H12.C5H11N.C2H4OS/c1-2-6-9-7-4-3-5-8-9;1-2-4-6-5-3-1;1-2(3)4/h3-5,7-8H,2,6H2,1H3;6H,1-5H2;1H3,(H,3,4). The van der Waals surface area contributed by atoms with Crippen LogP contribution in [0.5, 0.6) is 0 Å². The summed E-state index contributed by atoms with van der Waals surface area (Å²) in [6.45, 7) is 6.09. The van der Waals surface area contributed by atoms with Gasteiger partial charge in [0.05, 0.1) is 0 Å². The van der Waals surface area contributed by atoms with E-state index in [-0.39, 0.29) is 5.12 Å². The molecule has 0 bridgehead atoms. The third kappa shape index (κ3) is 15.1. The summed E-state index contributed by atoms with van der Waals surface area (Å²) in [5, 5.41) is 3.15.